The van der Waals surface area contributed by atoms with Gasteiger partial charge in [-0.3, -0.25) is 14.6 Å². The van der Waals surface area contributed by atoms with Gasteiger partial charge in [-0.25, -0.2) is 4.98 Å². The smallest absolute Gasteiger partial charge is 0.258 e. The predicted molar refractivity (Wildman–Crippen MR) is 85.9 cm³/mol. The normalized spacial score (nSPS) is 18.6. The molecular formula is C16H22N4O2. The number of para-hydroxylation sites is 1. The number of hydrogen-bond donors (Lipinski definition) is 2. The molecule has 6 heteroatoms. The fourth-order valence-corrected chi connectivity index (χ4v) is 2.99. The molecule has 0 amide bonds. The Hall–Kier alpha value is -1.76. The van der Waals surface area contributed by atoms with Crippen LogP contribution in [0.25, 0.3) is 10.9 Å². The van der Waals surface area contributed by atoms with E-state index in [0.717, 1.165) is 44.1 Å². The molecule has 1 aromatic heterocycles. The average molecular weight is 302 g/mol. The summed E-state index contributed by atoms with van der Waals surface area (Å²) in [5, 5.41) is 9.63. The summed E-state index contributed by atoms with van der Waals surface area (Å²) in [6, 6.07) is 7.50. The van der Waals surface area contributed by atoms with Crippen LogP contribution in [-0.2, 0) is 0 Å². The molecule has 1 aliphatic heterocycles. The average Bonchev–Trinajstić information content (AvgIpc) is 2.55. The molecule has 0 radical (unpaired) electrons. The molecule has 2 aromatic rings. The molecule has 1 aliphatic rings. The first-order valence-corrected chi connectivity index (χ1v) is 7.75. The monoisotopic (exact) mass is 302 g/mol. The van der Waals surface area contributed by atoms with E-state index in [-0.39, 0.29) is 18.2 Å². The van der Waals surface area contributed by atoms with E-state index in [1.54, 1.807) is 6.07 Å². The zero-order chi connectivity index (χ0) is 15.5. The van der Waals surface area contributed by atoms with Crippen molar-refractivity contribution in [1.29, 1.82) is 0 Å². The highest BCUT2D eigenvalue weighted by atomic mass is 16.3. The van der Waals surface area contributed by atoms with Gasteiger partial charge in [0.15, 0.2) is 0 Å². The highest BCUT2D eigenvalue weighted by Crippen LogP contribution is 2.19. The third-order valence-corrected chi connectivity index (χ3v) is 4.40. The number of nitrogens with one attached hydrogen (secondary N) is 1. The fraction of sp³-hybridized carbons (Fsp3) is 0.500. The first-order valence-electron chi connectivity index (χ1n) is 7.75. The summed E-state index contributed by atoms with van der Waals surface area (Å²) in [6.07, 6.45) is 0. The van der Waals surface area contributed by atoms with Crippen molar-refractivity contribution < 1.29 is 5.11 Å². The van der Waals surface area contributed by atoms with Crippen LogP contribution in [0.5, 0.6) is 0 Å². The highest BCUT2D eigenvalue weighted by Gasteiger charge is 2.23. The SMILES string of the molecule is C[C@@H](c1nc2ccccc2c(=O)[nH]1)N1CCN(CCO)CC1. The van der Waals surface area contributed by atoms with Gasteiger partial charge in [0.2, 0.25) is 0 Å². The first kappa shape index (κ1) is 15.1. The molecule has 1 fully saturated rings. The maximum atomic E-state index is 12.2. The summed E-state index contributed by atoms with van der Waals surface area (Å²) in [7, 11) is 0. The van der Waals surface area contributed by atoms with E-state index in [2.05, 4.69) is 26.7 Å². The number of fused-ring (bicyclic) bond motifs is 1. The Labute approximate surface area is 129 Å². The van der Waals surface area contributed by atoms with Crippen LogP contribution in [0.2, 0.25) is 0 Å². The first-order chi connectivity index (χ1) is 10.7. The molecule has 2 heterocycles. The van der Waals surface area contributed by atoms with Crippen LogP contribution in [0.3, 0.4) is 0 Å². The minimum absolute atomic E-state index is 0.0774. The number of benzene rings is 1. The summed E-state index contributed by atoms with van der Waals surface area (Å²) in [5.41, 5.74) is 0.665. The number of piperazine rings is 1. The standard InChI is InChI=1S/C16H22N4O2/c1-12(20-8-6-19(7-9-20)10-11-21)15-17-14-5-3-2-4-13(14)16(22)18-15/h2-5,12,21H,6-11H2,1H3,(H,17,18,22)/t12-/m0/s1. The highest BCUT2D eigenvalue weighted by molar-refractivity contribution is 5.77. The Bertz CT molecular complexity index is 692. The van der Waals surface area contributed by atoms with Gasteiger partial charge in [0, 0.05) is 32.7 Å². The summed E-state index contributed by atoms with van der Waals surface area (Å²) in [6.45, 7) is 6.71. The van der Waals surface area contributed by atoms with Crippen molar-refractivity contribution in [2.45, 2.75) is 13.0 Å². The van der Waals surface area contributed by atoms with Crippen molar-refractivity contribution in [3.63, 3.8) is 0 Å². The molecule has 0 saturated carbocycles. The number of aromatic amines is 1. The van der Waals surface area contributed by atoms with Crippen molar-refractivity contribution in [1.82, 2.24) is 19.8 Å². The van der Waals surface area contributed by atoms with Crippen LogP contribution >= 0.6 is 0 Å². The molecule has 6 nitrogen and oxygen atoms in total. The number of aliphatic hydroxyl groups excluding tert-OH is 1. The summed E-state index contributed by atoms with van der Waals surface area (Å²) < 4.78 is 0. The van der Waals surface area contributed by atoms with Crippen molar-refractivity contribution in [2.24, 2.45) is 0 Å². The fourth-order valence-electron chi connectivity index (χ4n) is 2.99. The molecule has 0 aliphatic carbocycles. The Kier molecular flexibility index (Phi) is 4.52. The number of nitrogens with zero attached hydrogens (tertiary/aromatic N) is 3. The molecule has 0 bridgehead atoms. The van der Waals surface area contributed by atoms with E-state index in [0.29, 0.717) is 5.39 Å². The lowest BCUT2D eigenvalue weighted by Gasteiger charge is -2.37. The molecule has 0 spiro atoms. The van der Waals surface area contributed by atoms with Gasteiger partial charge in [0.1, 0.15) is 5.82 Å². The van der Waals surface area contributed by atoms with Gasteiger partial charge < -0.3 is 10.1 Å². The molecule has 1 atom stereocenters. The van der Waals surface area contributed by atoms with E-state index in [4.69, 9.17) is 5.11 Å². The minimum Gasteiger partial charge on any atom is -0.395 e. The van der Waals surface area contributed by atoms with E-state index < -0.39 is 0 Å². The Balaban J connectivity index is 1.78. The maximum absolute atomic E-state index is 12.2. The quantitative estimate of drug-likeness (QED) is 0.865. The lowest BCUT2D eigenvalue weighted by atomic mass is 10.2. The molecule has 22 heavy (non-hydrogen) atoms. The second kappa shape index (κ2) is 6.56. The van der Waals surface area contributed by atoms with Gasteiger partial charge in [0.25, 0.3) is 5.56 Å². The maximum Gasteiger partial charge on any atom is 0.258 e. The van der Waals surface area contributed by atoms with Gasteiger partial charge in [-0.15, -0.1) is 0 Å². The second-order valence-corrected chi connectivity index (χ2v) is 5.75. The third kappa shape index (κ3) is 3.04. The molecule has 1 saturated heterocycles. The topological polar surface area (TPSA) is 72.5 Å². The van der Waals surface area contributed by atoms with Crippen LogP contribution in [0.4, 0.5) is 0 Å². The Morgan fingerprint density at radius 3 is 2.73 bits per heavy atom. The number of hydrogen-bond acceptors (Lipinski definition) is 5. The number of aliphatic hydroxyl groups is 1. The molecular weight excluding hydrogens is 280 g/mol. The van der Waals surface area contributed by atoms with Crippen molar-refractivity contribution in [3.8, 4) is 0 Å². The number of β-amino-alcohol motifs (C(OH)–C–C–N with tert-alkyl or cyclic N) is 1. The van der Waals surface area contributed by atoms with Crippen LogP contribution in [0.15, 0.2) is 29.1 Å². The second-order valence-electron chi connectivity index (χ2n) is 5.75. The van der Waals surface area contributed by atoms with Crippen molar-refractivity contribution in [2.75, 3.05) is 39.3 Å². The number of aromatic nitrogens is 2. The Morgan fingerprint density at radius 1 is 1.27 bits per heavy atom. The van der Waals surface area contributed by atoms with Gasteiger partial charge in [-0.1, -0.05) is 12.1 Å². The van der Waals surface area contributed by atoms with E-state index >= 15 is 0 Å². The van der Waals surface area contributed by atoms with Crippen molar-refractivity contribution >= 4 is 10.9 Å². The van der Waals surface area contributed by atoms with E-state index in [1.165, 1.54) is 0 Å². The molecule has 3 rings (SSSR count). The summed E-state index contributed by atoms with van der Waals surface area (Å²) in [5.74, 6) is 0.722. The lowest BCUT2D eigenvalue weighted by molar-refractivity contribution is 0.0862. The van der Waals surface area contributed by atoms with Crippen LogP contribution in [-0.4, -0.2) is 64.2 Å². The minimum atomic E-state index is -0.0774. The third-order valence-electron chi connectivity index (χ3n) is 4.40. The Morgan fingerprint density at radius 2 is 2.00 bits per heavy atom. The van der Waals surface area contributed by atoms with Crippen LogP contribution in [0.1, 0.15) is 18.8 Å². The lowest BCUT2D eigenvalue weighted by Crippen LogP contribution is -2.48. The van der Waals surface area contributed by atoms with Crippen molar-refractivity contribution in [3.05, 3.63) is 40.4 Å². The molecule has 0 unspecified atom stereocenters. The van der Waals surface area contributed by atoms with Crippen LogP contribution < -0.4 is 5.56 Å². The van der Waals surface area contributed by atoms with Gasteiger partial charge in [-0.2, -0.15) is 0 Å². The van der Waals surface area contributed by atoms with Gasteiger partial charge in [0.05, 0.1) is 23.6 Å². The predicted octanol–water partition coefficient (Wildman–Crippen LogP) is 0.594. The zero-order valence-electron chi connectivity index (χ0n) is 12.8. The van der Waals surface area contributed by atoms with E-state index in [9.17, 15) is 4.79 Å². The largest absolute Gasteiger partial charge is 0.395 e. The van der Waals surface area contributed by atoms with Gasteiger partial charge >= 0.3 is 0 Å². The van der Waals surface area contributed by atoms with E-state index in [1.807, 2.05) is 18.2 Å². The summed E-state index contributed by atoms with van der Waals surface area (Å²) in [4.78, 5) is 24.3. The number of rotatable bonds is 4. The van der Waals surface area contributed by atoms with Gasteiger partial charge in [-0.05, 0) is 19.1 Å². The molecule has 1 aromatic carbocycles. The van der Waals surface area contributed by atoms with Crippen LogP contribution in [0, 0.1) is 0 Å². The summed E-state index contributed by atoms with van der Waals surface area (Å²) >= 11 is 0. The molecule has 118 valence electrons. The zero-order valence-corrected chi connectivity index (χ0v) is 12.8. The molecule has 2 N–H and O–H groups in total. The number of H-pyrrole nitrogens is 1.